The van der Waals surface area contributed by atoms with Gasteiger partial charge in [0.1, 0.15) is 0 Å². The van der Waals surface area contributed by atoms with Gasteiger partial charge in [-0.05, 0) is 25.1 Å². The van der Waals surface area contributed by atoms with Gasteiger partial charge in [-0.2, -0.15) is 5.10 Å². The van der Waals surface area contributed by atoms with E-state index in [2.05, 4.69) is 39.3 Å². The molecule has 1 N–H and O–H groups in total. The zero-order valence-electron chi connectivity index (χ0n) is 11.0. The monoisotopic (exact) mass is 341 g/mol. The molecule has 2 aromatic rings. The summed E-state index contributed by atoms with van der Waals surface area (Å²) in [5.41, 5.74) is 2.17. The maximum atomic E-state index is 6.32. The molecule has 5 heteroatoms. The molecular formula is C14H17BrClN3. The third-order valence-electron chi connectivity index (χ3n) is 3.05. The summed E-state index contributed by atoms with van der Waals surface area (Å²) < 4.78 is 3.04. The molecule has 1 aromatic carbocycles. The Hall–Kier alpha value is -0.840. The van der Waals surface area contributed by atoms with Crippen LogP contribution in [0.15, 0.2) is 34.9 Å². The summed E-state index contributed by atoms with van der Waals surface area (Å²) in [6.07, 6.45) is 2.74. The smallest absolute Gasteiger partial charge is 0.0837 e. The molecular weight excluding hydrogens is 326 g/mol. The Kier molecular flexibility index (Phi) is 5.02. The highest BCUT2D eigenvalue weighted by Gasteiger charge is 2.22. The van der Waals surface area contributed by atoms with E-state index in [-0.39, 0.29) is 6.04 Å². The van der Waals surface area contributed by atoms with Crippen LogP contribution in [0.5, 0.6) is 0 Å². The van der Waals surface area contributed by atoms with E-state index >= 15 is 0 Å². The first-order valence-electron chi connectivity index (χ1n) is 6.32. The number of aryl methyl sites for hydroxylation is 1. The number of hydrogen-bond acceptors (Lipinski definition) is 2. The minimum absolute atomic E-state index is 0.0251. The Labute approximate surface area is 127 Å². The molecule has 0 saturated carbocycles. The molecule has 1 heterocycles. The minimum Gasteiger partial charge on any atom is -0.308 e. The van der Waals surface area contributed by atoms with Crippen molar-refractivity contribution in [3.8, 4) is 0 Å². The predicted octanol–water partition coefficient (Wildman–Crippen LogP) is 4.02. The molecule has 0 fully saturated rings. The first-order chi connectivity index (χ1) is 9.19. The summed E-state index contributed by atoms with van der Waals surface area (Å²) in [7, 11) is 1.93. The molecule has 0 radical (unpaired) electrons. The molecule has 0 aliphatic carbocycles. The third-order valence-corrected chi connectivity index (χ3v) is 4.06. The first-order valence-corrected chi connectivity index (χ1v) is 7.49. The van der Waals surface area contributed by atoms with Crippen LogP contribution < -0.4 is 5.32 Å². The van der Waals surface area contributed by atoms with Crippen LogP contribution in [0.3, 0.4) is 0 Å². The molecule has 0 aliphatic rings. The van der Waals surface area contributed by atoms with Crippen molar-refractivity contribution in [3.05, 3.63) is 51.2 Å². The summed E-state index contributed by atoms with van der Waals surface area (Å²) >= 11 is 9.92. The molecule has 19 heavy (non-hydrogen) atoms. The van der Waals surface area contributed by atoms with Crippen LogP contribution >= 0.6 is 27.5 Å². The molecule has 1 unspecified atom stereocenters. The van der Waals surface area contributed by atoms with Crippen LogP contribution in [0.25, 0.3) is 0 Å². The number of rotatable bonds is 5. The van der Waals surface area contributed by atoms with E-state index in [4.69, 9.17) is 11.6 Å². The molecule has 0 saturated heterocycles. The fourth-order valence-electron chi connectivity index (χ4n) is 2.20. The lowest BCUT2D eigenvalue weighted by molar-refractivity contribution is 0.534. The molecule has 0 bridgehead atoms. The van der Waals surface area contributed by atoms with Gasteiger partial charge in [0.05, 0.1) is 23.0 Å². The zero-order chi connectivity index (χ0) is 13.8. The Morgan fingerprint density at radius 2 is 2.16 bits per heavy atom. The Bertz CT molecular complexity index is 553. The summed E-state index contributed by atoms with van der Waals surface area (Å²) in [4.78, 5) is 0. The summed E-state index contributed by atoms with van der Waals surface area (Å²) in [6, 6.07) is 8.18. The largest absolute Gasteiger partial charge is 0.308 e. The van der Waals surface area contributed by atoms with Gasteiger partial charge >= 0.3 is 0 Å². The van der Waals surface area contributed by atoms with Gasteiger partial charge in [-0.15, -0.1) is 0 Å². The van der Waals surface area contributed by atoms with E-state index in [1.54, 1.807) is 6.20 Å². The van der Waals surface area contributed by atoms with Gasteiger partial charge in [0, 0.05) is 11.0 Å². The fraction of sp³-hybridized carbons (Fsp3) is 0.357. The number of hydrogen-bond donors (Lipinski definition) is 1. The molecule has 102 valence electrons. The quantitative estimate of drug-likeness (QED) is 0.889. The molecule has 1 atom stereocenters. The summed E-state index contributed by atoms with van der Waals surface area (Å²) in [6.45, 7) is 3.00. The van der Waals surface area contributed by atoms with Gasteiger partial charge in [0.15, 0.2) is 0 Å². The Morgan fingerprint density at radius 1 is 1.42 bits per heavy atom. The molecule has 2 rings (SSSR count). The highest BCUT2D eigenvalue weighted by Crippen LogP contribution is 2.32. The van der Waals surface area contributed by atoms with Crippen LogP contribution in [0.1, 0.15) is 30.6 Å². The lowest BCUT2D eigenvalue weighted by atomic mass is 10.0. The van der Waals surface area contributed by atoms with Gasteiger partial charge in [-0.1, -0.05) is 52.7 Å². The van der Waals surface area contributed by atoms with E-state index in [1.807, 2.05) is 29.9 Å². The average Bonchev–Trinajstić information content (AvgIpc) is 2.75. The molecule has 0 aliphatic heterocycles. The van der Waals surface area contributed by atoms with Crippen LogP contribution in [0.2, 0.25) is 5.02 Å². The highest BCUT2D eigenvalue weighted by atomic mass is 79.9. The minimum atomic E-state index is 0.0251. The summed E-state index contributed by atoms with van der Waals surface area (Å²) in [5.74, 6) is 0. The number of nitrogens with one attached hydrogen (secondary N) is 1. The SMILES string of the molecule is CCCn1ncc(Cl)c1C(NC)c1ccccc1Br. The van der Waals surface area contributed by atoms with Crippen molar-refractivity contribution in [2.24, 2.45) is 0 Å². The van der Waals surface area contributed by atoms with Crippen LogP contribution in [-0.4, -0.2) is 16.8 Å². The van der Waals surface area contributed by atoms with Crippen molar-refractivity contribution in [2.45, 2.75) is 25.9 Å². The van der Waals surface area contributed by atoms with Crippen LogP contribution in [0, 0.1) is 0 Å². The second-order valence-electron chi connectivity index (χ2n) is 4.34. The first kappa shape index (κ1) is 14.6. The van der Waals surface area contributed by atoms with Crippen molar-refractivity contribution >= 4 is 27.5 Å². The maximum absolute atomic E-state index is 6.32. The Balaban J connectivity index is 2.48. The van der Waals surface area contributed by atoms with E-state index in [1.165, 1.54) is 0 Å². The van der Waals surface area contributed by atoms with Crippen LogP contribution in [-0.2, 0) is 6.54 Å². The van der Waals surface area contributed by atoms with Crippen molar-refractivity contribution in [1.29, 1.82) is 0 Å². The van der Waals surface area contributed by atoms with Gasteiger partial charge in [0.2, 0.25) is 0 Å². The molecule has 0 amide bonds. The van der Waals surface area contributed by atoms with Crippen molar-refractivity contribution in [3.63, 3.8) is 0 Å². The second kappa shape index (κ2) is 6.55. The van der Waals surface area contributed by atoms with Gasteiger partial charge in [0.25, 0.3) is 0 Å². The van der Waals surface area contributed by atoms with E-state index in [0.717, 1.165) is 28.7 Å². The van der Waals surface area contributed by atoms with Gasteiger partial charge in [-0.25, -0.2) is 0 Å². The second-order valence-corrected chi connectivity index (χ2v) is 5.61. The number of benzene rings is 1. The lowest BCUT2D eigenvalue weighted by Gasteiger charge is -2.20. The number of nitrogens with zero attached hydrogens (tertiary/aromatic N) is 2. The highest BCUT2D eigenvalue weighted by molar-refractivity contribution is 9.10. The zero-order valence-corrected chi connectivity index (χ0v) is 13.4. The normalized spacial score (nSPS) is 12.6. The third kappa shape index (κ3) is 3.02. The standard InChI is InChI=1S/C14H17BrClN3/c1-3-8-19-14(12(16)9-18-19)13(17-2)10-6-4-5-7-11(10)15/h4-7,9,13,17H,3,8H2,1-2H3. The summed E-state index contributed by atoms with van der Waals surface area (Å²) in [5, 5.41) is 8.38. The van der Waals surface area contributed by atoms with Crippen molar-refractivity contribution in [1.82, 2.24) is 15.1 Å². The van der Waals surface area contributed by atoms with Gasteiger partial charge in [-0.3, -0.25) is 4.68 Å². The van der Waals surface area contributed by atoms with E-state index < -0.39 is 0 Å². The van der Waals surface area contributed by atoms with Crippen LogP contribution in [0.4, 0.5) is 0 Å². The van der Waals surface area contributed by atoms with E-state index in [9.17, 15) is 0 Å². The van der Waals surface area contributed by atoms with Gasteiger partial charge < -0.3 is 5.32 Å². The molecule has 0 spiro atoms. The van der Waals surface area contributed by atoms with E-state index in [0.29, 0.717) is 5.02 Å². The molecule has 1 aromatic heterocycles. The molecule has 3 nitrogen and oxygen atoms in total. The predicted molar refractivity (Wildman–Crippen MR) is 82.6 cm³/mol. The fourth-order valence-corrected chi connectivity index (χ4v) is 2.96. The topological polar surface area (TPSA) is 29.9 Å². The number of aromatic nitrogens is 2. The van der Waals surface area contributed by atoms with Crippen molar-refractivity contribution in [2.75, 3.05) is 7.05 Å². The Morgan fingerprint density at radius 3 is 2.79 bits per heavy atom. The number of halogens is 2. The average molecular weight is 343 g/mol. The lowest BCUT2D eigenvalue weighted by Crippen LogP contribution is -2.22. The maximum Gasteiger partial charge on any atom is 0.0837 e. The van der Waals surface area contributed by atoms with Crippen molar-refractivity contribution < 1.29 is 0 Å².